The molecule has 1 aliphatic heterocycles. The van der Waals surface area contributed by atoms with Crippen LogP contribution in [0, 0.1) is 10.1 Å². The number of benzene rings is 2. The van der Waals surface area contributed by atoms with Crippen molar-refractivity contribution in [3.05, 3.63) is 63.7 Å². The Labute approximate surface area is 184 Å². The molecule has 2 N–H and O–H groups in total. The fraction of sp³-hybridized carbons (Fsp3) is 0.286. The third kappa shape index (κ3) is 5.54. The van der Waals surface area contributed by atoms with Crippen LogP contribution < -0.4 is 15.5 Å². The summed E-state index contributed by atoms with van der Waals surface area (Å²) in [6, 6.07) is 10.8. The first-order chi connectivity index (χ1) is 14.9. The Bertz CT molecular complexity index is 1000. The highest BCUT2D eigenvalue weighted by Crippen LogP contribution is 2.31. The molecule has 0 radical (unpaired) electrons. The molecule has 162 valence electrons. The number of nitro groups is 1. The quantitative estimate of drug-likeness (QED) is 0.313. The van der Waals surface area contributed by atoms with Crippen LogP contribution in [-0.2, 0) is 4.74 Å². The van der Waals surface area contributed by atoms with E-state index < -0.39 is 16.8 Å². The number of esters is 1. The minimum absolute atomic E-state index is 0.0265. The average molecular weight is 442 g/mol. The summed E-state index contributed by atoms with van der Waals surface area (Å²) < 4.78 is 4.64. The molecule has 1 heterocycles. The fourth-order valence-electron chi connectivity index (χ4n) is 3.36. The van der Waals surface area contributed by atoms with Gasteiger partial charge in [0, 0.05) is 30.4 Å². The van der Waals surface area contributed by atoms with Crippen LogP contribution in [0.15, 0.2) is 42.5 Å². The number of nitrogens with zero attached hydrogens (tertiary/aromatic N) is 2. The lowest BCUT2D eigenvalue weighted by Gasteiger charge is -2.28. The number of anilines is 2. The van der Waals surface area contributed by atoms with E-state index in [4.69, 9.17) is 12.2 Å². The van der Waals surface area contributed by atoms with Crippen LogP contribution in [0.2, 0.25) is 0 Å². The molecule has 0 aliphatic carbocycles. The van der Waals surface area contributed by atoms with Crippen molar-refractivity contribution in [2.45, 2.75) is 19.3 Å². The monoisotopic (exact) mass is 442 g/mol. The number of ether oxygens (including phenoxy) is 1. The number of rotatable bonds is 5. The first kappa shape index (κ1) is 22.2. The van der Waals surface area contributed by atoms with E-state index >= 15 is 0 Å². The van der Waals surface area contributed by atoms with Crippen LogP contribution in [-0.4, -0.2) is 42.1 Å². The molecule has 3 rings (SSSR count). The van der Waals surface area contributed by atoms with Gasteiger partial charge in [-0.2, -0.15) is 0 Å². The van der Waals surface area contributed by atoms with Gasteiger partial charge in [0.15, 0.2) is 5.11 Å². The highest BCUT2D eigenvalue weighted by atomic mass is 32.1. The van der Waals surface area contributed by atoms with Crippen molar-refractivity contribution < 1.29 is 19.2 Å². The number of piperidine rings is 1. The normalized spacial score (nSPS) is 13.3. The van der Waals surface area contributed by atoms with Crippen LogP contribution in [0.1, 0.15) is 40.0 Å². The van der Waals surface area contributed by atoms with Gasteiger partial charge in [0.2, 0.25) is 0 Å². The van der Waals surface area contributed by atoms with Gasteiger partial charge >= 0.3 is 5.97 Å². The maximum Gasteiger partial charge on any atom is 0.337 e. The number of carbonyl (C=O) groups excluding carboxylic acids is 2. The summed E-state index contributed by atoms with van der Waals surface area (Å²) in [5, 5.41) is 16.9. The number of hydrogen-bond acceptors (Lipinski definition) is 7. The highest BCUT2D eigenvalue weighted by Gasteiger charge is 2.23. The smallest absolute Gasteiger partial charge is 0.337 e. The number of carbonyl (C=O) groups is 2. The predicted molar refractivity (Wildman–Crippen MR) is 121 cm³/mol. The third-order valence-electron chi connectivity index (χ3n) is 4.92. The fourth-order valence-corrected chi connectivity index (χ4v) is 3.57. The van der Waals surface area contributed by atoms with Gasteiger partial charge in [0.25, 0.3) is 11.6 Å². The van der Waals surface area contributed by atoms with Gasteiger partial charge in [-0.05, 0) is 67.9 Å². The number of thiocarbonyl (C=S) groups is 1. The number of nitro benzene ring substituents is 1. The summed E-state index contributed by atoms with van der Waals surface area (Å²) in [6.07, 6.45) is 3.08. The molecule has 31 heavy (non-hydrogen) atoms. The maximum absolute atomic E-state index is 12.6. The summed E-state index contributed by atoms with van der Waals surface area (Å²) in [5.41, 5.74) is 1.49. The second-order valence-corrected chi connectivity index (χ2v) is 7.39. The SMILES string of the molecule is COC(=O)c1ccc(NC(=S)NC(=O)c2ccc(N3CCCCC3)c([N+](=O)[O-])c2)cc1. The summed E-state index contributed by atoms with van der Waals surface area (Å²) in [6.45, 7) is 1.52. The lowest BCUT2D eigenvalue weighted by molar-refractivity contribution is -0.384. The van der Waals surface area contributed by atoms with Crippen molar-refractivity contribution in [1.29, 1.82) is 0 Å². The minimum Gasteiger partial charge on any atom is -0.465 e. The van der Waals surface area contributed by atoms with Gasteiger partial charge in [-0.25, -0.2) is 4.79 Å². The van der Waals surface area contributed by atoms with Gasteiger partial charge in [0.1, 0.15) is 5.69 Å². The first-order valence-electron chi connectivity index (χ1n) is 9.73. The van der Waals surface area contributed by atoms with Gasteiger partial charge in [-0.15, -0.1) is 0 Å². The molecule has 0 spiro atoms. The molecule has 2 aromatic rings. The molecule has 0 saturated carbocycles. The van der Waals surface area contributed by atoms with Gasteiger partial charge in [-0.3, -0.25) is 20.2 Å². The largest absolute Gasteiger partial charge is 0.465 e. The topological polar surface area (TPSA) is 114 Å². The number of nitrogens with one attached hydrogen (secondary N) is 2. The van der Waals surface area contributed by atoms with E-state index in [1.807, 2.05) is 4.90 Å². The van der Waals surface area contributed by atoms with Gasteiger partial charge < -0.3 is 15.0 Å². The van der Waals surface area contributed by atoms with E-state index in [9.17, 15) is 19.7 Å². The molecule has 9 nitrogen and oxygen atoms in total. The summed E-state index contributed by atoms with van der Waals surface area (Å²) >= 11 is 5.16. The molecule has 0 unspecified atom stereocenters. The van der Waals surface area contributed by atoms with E-state index in [0.717, 1.165) is 32.4 Å². The predicted octanol–water partition coefficient (Wildman–Crippen LogP) is 3.50. The maximum atomic E-state index is 12.6. The van der Waals surface area contributed by atoms with E-state index in [2.05, 4.69) is 15.4 Å². The van der Waals surface area contributed by atoms with E-state index in [1.165, 1.54) is 13.2 Å². The van der Waals surface area contributed by atoms with Crippen LogP contribution in [0.25, 0.3) is 0 Å². The molecule has 1 aliphatic rings. The highest BCUT2D eigenvalue weighted by molar-refractivity contribution is 7.80. The Hall–Kier alpha value is -3.53. The van der Waals surface area contributed by atoms with Crippen molar-refractivity contribution in [2.75, 3.05) is 30.4 Å². The standard InChI is InChI=1S/C21H22N4O5S/c1-30-20(27)14-5-8-16(9-6-14)22-21(31)23-19(26)15-7-10-17(18(13-15)25(28)29)24-11-3-2-4-12-24/h5-10,13H,2-4,11-12H2,1H3,(H2,22,23,26,31). The van der Waals surface area contributed by atoms with Crippen molar-refractivity contribution >= 4 is 46.3 Å². The molecule has 0 bridgehead atoms. The van der Waals surface area contributed by atoms with Crippen LogP contribution in [0.4, 0.5) is 17.1 Å². The molecule has 1 saturated heterocycles. The van der Waals surface area contributed by atoms with Crippen molar-refractivity contribution in [3.8, 4) is 0 Å². The zero-order chi connectivity index (χ0) is 22.4. The van der Waals surface area contributed by atoms with E-state index in [0.29, 0.717) is 16.9 Å². The molecule has 0 atom stereocenters. The van der Waals surface area contributed by atoms with Gasteiger partial charge in [-0.1, -0.05) is 0 Å². The molecule has 10 heteroatoms. The number of methoxy groups -OCH3 is 1. The Kier molecular flexibility index (Phi) is 7.14. The Balaban J connectivity index is 1.68. The van der Waals surface area contributed by atoms with E-state index in [1.54, 1.807) is 36.4 Å². The first-order valence-corrected chi connectivity index (χ1v) is 10.1. The third-order valence-corrected chi connectivity index (χ3v) is 5.13. The number of hydrogen-bond donors (Lipinski definition) is 2. The zero-order valence-electron chi connectivity index (χ0n) is 16.9. The second-order valence-electron chi connectivity index (χ2n) is 6.99. The Morgan fingerprint density at radius 3 is 2.32 bits per heavy atom. The summed E-state index contributed by atoms with van der Waals surface area (Å²) in [4.78, 5) is 37.1. The van der Waals surface area contributed by atoms with Crippen molar-refractivity contribution in [2.24, 2.45) is 0 Å². The Morgan fingerprint density at radius 1 is 1.06 bits per heavy atom. The van der Waals surface area contributed by atoms with E-state index in [-0.39, 0.29) is 16.4 Å². The Morgan fingerprint density at radius 2 is 1.71 bits per heavy atom. The number of amides is 1. The zero-order valence-corrected chi connectivity index (χ0v) is 17.7. The van der Waals surface area contributed by atoms with Crippen LogP contribution in [0.3, 0.4) is 0 Å². The molecular weight excluding hydrogens is 420 g/mol. The molecular formula is C21H22N4O5S. The second kappa shape index (κ2) is 9.98. The van der Waals surface area contributed by atoms with Crippen LogP contribution in [0.5, 0.6) is 0 Å². The summed E-state index contributed by atoms with van der Waals surface area (Å²) in [7, 11) is 1.29. The van der Waals surface area contributed by atoms with Crippen LogP contribution >= 0.6 is 12.2 Å². The average Bonchev–Trinajstić information content (AvgIpc) is 2.79. The summed E-state index contributed by atoms with van der Waals surface area (Å²) in [5.74, 6) is -1.02. The molecule has 0 aromatic heterocycles. The molecule has 1 amide bonds. The van der Waals surface area contributed by atoms with Gasteiger partial charge in [0.05, 0.1) is 17.6 Å². The molecule has 2 aromatic carbocycles. The van der Waals surface area contributed by atoms with Crippen molar-refractivity contribution in [1.82, 2.24) is 5.32 Å². The van der Waals surface area contributed by atoms with Crippen molar-refractivity contribution in [3.63, 3.8) is 0 Å². The minimum atomic E-state index is -0.558. The molecule has 1 fully saturated rings. The lowest BCUT2D eigenvalue weighted by Crippen LogP contribution is -2.34. The lowest BCUT2D eigenvalue weighted by atomic mass is 10.1.